The smallest absolute Gasteiger partial charge is 0.244 e. The second kappa shape index (κ2) is 6.05. The van der Waals surface area contributed by atoms with Crippen LogP contribution in [0, 0.1) is 12.7 Å². The predicted molar refractivity (Wildman–Crippen MR) is 80.8 cm³/mol. The molecule has 104 valence electrons. The maximum absolute atomic E-state index is 13.6. The molecule has 0 bridgehead atoms. The summed E-state index contributed by atoms with van der Waals surface area (Å²) >= 11 is 3.08. The third-order valence-corrected chi connectivity index (χ3v) is 3.65. The summed E-state index contributed by atoms with van der Waals surface area (Å²) in [6.45, 7) is 1.92. The van der Waals surface area contributed by atoms with Crippen LogP contribution in [-0.2, 0) is 4.79 Å². The van der Waals surface area contributed by atoms with E-state index in [9.17, 15) is 9.18 Å². The van der Waals surface area contributed by atoms with Gasteiger partial charge in [-0.3, -0.25) is 4.79 Å². The standard InChI is InChI=1S/C15H14BrFN2O/c1-9-4-2-3-5-13(9)19-14(15(18)20)10-6-7-11(16)12(17)8-10/h2-8,14,19H,1H3,(H2,18,20). The van der Waals surface area contributed by atoms with E-state index in [-0.39, 0.29) is 0 Å². The van der Waals surface area contributed by atoms with Gasteiger partial charge in [0.2, 0.25) is 5.91 Å². The molecule has 0 saturated carbocycles. The number of rotatable bonds is 4. The Morgan fingerprint density at radius 2 is 2.00 bits per heavy atom. The van der Waals surface area contributed by atoms with Crippen molar-refractivity contribution < 1.29 is 9.18 Å². The Bertz CT molecular complexity index is 646. The monoisotopic (exact) mass is 336 g/mol. The lowest BCUT2D eigenvalue weighted by Crippen LogP contribution is -2.28. The fourth-order valence-corrected chi connectivity index (χ4v) is 2.15. The molecule has 0 heterocycles. The van der Waals surface area contributed by atoms with Crippen LogP contribution < -0.4 is 11.1 Å². The summed E-state index contributed by atoms with van der Waals surface area (Å²) in [5, 5.41) is 3.05. The molecular weight excluding hydrogens is 323 g/mol. The molecule has 0 aliphatic carbocycles. The molecule has 3 nitrogen and oxygen atoms in total. The van der Waals surface area contributed by atoms with Crippen molar-refractivity contribution in [1.82, 2.24) is 0 Å². The molecule has 2 rings (SSSR count). The SMILES string of the molecule is Cc1ccccc1NC(C(N)=O)c1ccc(Br)c(F)c1. The fraction of sp³-hybridized carbons (Fsp3) is 0.133. The second-order valence-corrected chi connectivity index (χ2v) is 5.32. The van der Waals surface area contributed by atoms with Gasteiger partial charge in [-0.2, -0.15) is 0 Å². The molecule has 2 aromatic rings. The first-order valence-electron chi connectivity index (χ1n) is 6.05. The number of primary amides is 1. The van der Waals surface area contributed by atoms with Crippen LogP contribution in [0.3, 0.4) is 0 Å². The number of carbonyl (C=O) groups excluding carboxylic acids is 1. The number of hydrogen-bond donors (Lipinski definition) is 2. The van der Waals surface area contributed by atoms with Crippen LogP contribution in [0.4, 0.5) is 10.1 Å². The van der Waals surface area contributed by atoms with Crippen molar-refractivity contribution in [2.75, 3.05) is 5.32 Å². The summed E-state index contributed by atoms with van der Waals surface area (Å²) in [5.41, 5.74) is 7.68. The van der Waals surface area contributed by atoms with E-state index in [1.165, 1.54) is 6.07 Å². The second-order valence-electron chi connectivity index (χ2n) is 4.47. The quantitative estimate of drug-likeness (QED) is 0.897. The van der Waals surface area contributed by atoms with Crippen molar-refractivity contribution in [3.8, 4) is 0 Å². The Kier molecular flexibility index (Phi) is 4.39. The molecule has 0 aromatic heterocycles. The zero-order valence-electron chi connectivity index (χ0n) is 10.9. The van der Waals surface area contributed by atoms with Gasteiger partial charge >= 0.3 is 0 Å². The van der Waals surface area contributed by atoms with Gasteiger partial charge in [-0.25, -0.2) is 4.39 Å². The maximum atomic E-state index is 13.6. The molecule has 5 heteroatoms. The van der Waals surface area contributed by atoms with Gasteiger partial charge in [0.25, 0.3) is 0 Å². The highest BCUT2D eigenvalue weighted by atomic mass is 79.9. The maximum Gasteiger partial charge on any atom is 0.244 e. The number of hydrogen-bond acceptors (Lipinski definition) is 2. The molecular formula is C15H14BrFN2O. The van der Waals surface area contributed by atoms with Crippen LogP contribution in [0.1, 0.15) is 17.2 Å². The molecule has 3 N–H and O–H groups in total. The summed E-state index contributed by atoms with van der Waals surface area (Å²) in [6.07, 6.45) is 0. The van der Waals surface area contributed by atoms with Crippen LogP contribution >= 0.6 is 15.9 Å². The lowest BCUT2D eigenvalue weighted by Gasteiger charge is -2.19. The Balaban J connectivity index is 2.34. The van der Waals surface area contributed by atoms with Gasteiger partial charge in [0, 0.05) is 5.69 Å². The molecule has 1 unspecified atom stereocenters. The molecule has 0 aliphatic heterocycles. The number of carbonyl (C=O) groups is 1. The van der Waals surface area contributed by atoms with Gasteiger partial charge in [-0.1, -0.05) is 24.3 Å². The molecule has 0 fully saturated rings. The van der Waals surface area contributed by atoms with E-state index in [4.69, 9.17) is 5.73 Å². The van der Waals surface area contributed by atoms with Crippen LogP contribution in [0.15, 0.2) is 46.9 Å². The summed E-state index contributed by atoms with van der Waals surface area (Å²) in [6, 6.07) is 11.3. The van der Waals surface area contributed by atoms with Gasteiger partial charge in [0.15, 0.2) is 0 Å². The highest BCUT2D eigenvalue weighted by molar-refractivity contribution is 9.10. The number of nitrogens with two attached hydrogens (primary N) is 1. The van der Waals surface area contributed by atoms with Crippen molar-refractivity contribution in [3.63, 3.8) is 0 Å². The molecule has 0 spiro atoms. The van der Waals surface area contributed by atoms with E-state index in [1.807, 2.05) is 31.2 Å². The number of para-hydroxylation sites is 1. The molecule has 0 aliphatic rings. The van der Waals surface area contributed by atoms with Crippen molar-refractivity contribution >= 4 is 27.5 Å². The molecule has 2 aromatic carbocycles. The summed E-state index contributed by atoms with van der Waals surface area (Å²) in [4.78, 5) is 11.6. The minimum absolute atomic E-state index is 0.348. The zero-order valence-corrected chi connectivity index (χ0v) is 12.4. The average Bonchev–Trinajstić information content (AvgIpc) is 2.41. The highest BCUT2D eigenvalue weighted by Gasteiger charge is 2.19. The van der Waals surface area contributed by atoms with Crippen molar-refractivity contribution in [1.29, 1.82) is 0 Å². The lowest BCUT2D eigenvalue weighted by molar-refractivity contribution is -0.118. The topological polar surface area (TPSA) is 55.1 Å². The Hall–Kier alpha value is -1.88. The average molecular weight is 337 g/mol. The molecule has 1 atom stereocenters. The third kappa shape index (κ3) is 3.17. The van der Waals surface area contributed by atoms with Crippen LogP contribution in [0.25, 0.3) is 0 Å². The molecule has 20 heavy (non-hydrogen) atoms. The molecule has 1 amide bonds. The van der Waals surface area contributed by atoms with E-state index in [2.05, 4.69) is 21.2 Å². The van der Waals surface area contributed by atoms with E-state index >= 15 is 0 Å². The Morgan fingerprint density at radius 3 is 2.60 bits per heavy atom. The first-order valence-corrected chi connectivity index (χ1v) is 6.85. The molecule has 0 saturated heterocycles. The predicted octanol–water partition coefficient (Wildman–Crippen LogP) is 3.54. The van der Waals surface area contributed by atoms with E-state index in [0.29, 0.717) is 10.0 Å². The fourth-order valence-electron chi connectivity index (χ4n) is 1.90. The zero-order chi connectivity index (χ0) is 14.7. The summed E-state index contributed by atoms with van der Waals surface area (Å²) in [7, 11) is 0. The Labute approximate surface area is 125 Å². The van der Waals surface area contributed by atoms with Crippen molar-refractivity contribution in [2.45, 2.75) is 13.0 Å². The van der Waals surface area contributed by atoms with E-state index in [0.717, 1.165) is 11.3 Å². The largest absolute Gasteiger partial charge is 0.370 e. The third-order valence-electron chi connectivity index (χ3n) is 3.01. The summed E-state index contributed by atoms with van der Waals surface area (Å²) in [5.74, 6) is -0.990. The van der Waals surface area contributed by atoms with Crippen LogP contribution in [0.5, 0.6) is 0 Å². The van der Waals surface area contributed by atoms with Gasteiger partial charge in [0.1, 0.15) is 11.9 Å². The van der Waals surface area contributed by atoms with Crippen LogP contribution in [-0.4, -0.2) is 5.91 Å². The van der Waals surface area contributed by atoms with Gasteiger partial charge in [-0.15, -0.1) is 0 Å². The number of aryl methyl sites for hydroxylation is 1. The van der Waals surface area contributed by atoms with E-state index < -0.39 is 17.8 Å². The molecule has 0 radical (unpaired) electrons. The Morgan fingerprint density at radius 1 is 1.30 bits per heavy atom. The first kappa shape index (κ1) is 14.5. The van der Waals surface area contributed by atoms with E-state index in [1.54, 1.807) is 12.1 Å². The van der Waals surface area contributed by atoms with Crippen molar-refractivity contribution in [2.24, 2.45) is 5.73 Å². The number of anilines is 1. The van der Waals surface area contributed by atoms with Gasteiger partial charge in [0.05, 0.1) is 4.47 Å². The van der Waals surface area contributed by atoms with Crippen molar-refractivity contribution in [3.05, 3.63) is 63.9 Å². The first-order chi connectivity index (χ1) is 9.49. The van der Waals surface area contributed by atoms with Crippen LogP contribution in [0.2, 0.25) is 0 Å². The number of halogens is 2. The minimum Gasteiger partial charge on any atom is -0.370 e. The summed E-state index contributed by atoms with van der Waals surface area (Å²) < 4.78 is 13.9. The van der Waals surface area contributed by atoms with Gasteiger partial charge < -0.3 is 11.1 Å². The normalized spacial score (nSPS) is 11.9. The minimum atomic E-state index is -0.779. The lowest BCUT2D eigenvalue weighted by atomic mass is 10.0. The van der Waals surface area contributed by atoms with Gasteiger partial charge in [-0.05, 0) is 52.2 Å². The highest BCUT2D eigenvalue weighted by Crippen LogP contribution is 2.25. The number of benzene rings is 2. The number of amides is 1. The number of nitrogens with one attached hydrogen (secondary N) is 1.